The number of ether oxygens (including phenoxy) is 2. The van der Waals surface area contributed by atoms with Crippen LogP contribution in [0.1, 0.15) is 21.5 Å². The number of carbonyl (C=O) groups excluding carboxylic acids is 1. The van der Waals surface area contributed by atoms with Crippen molar-refractivity contribution < 1.29 is 29.6 Å². The van der Waals surface area contributed by atoms with E-state index in [0.29, 0.717) is 22.4 Å². The molecule has 0 spiro atoms. The maximum Gasteiger partial charge on any atom is 0.228 e. The van der Waals surface area contributed by atoms with Gasteiger partial charge in [-0.25, -0.2) is 0 Å². The molecular weight excluding hydrogens is 338 g/mol. The standard InChI is InChI=1S/C19H17NO6/c20-9-11-1-3-12(4-2-11)16(22)13-5-7-14(8-6-13)26-19-18(24)17(23)15(21)10-25-19/h1-8,15,17-19,21,23-24H,10H2/t15-,17-,18+,19-/m0/s1. The average Bonchev–Trinajstić information content (AvgIpc) is 2.68. The molecule has 1 heterocycles. The molecule has 0 unspecified atom stereocenters. The SMILES string of the molecule is N#Cc1ccc(C(=O)c2ccc(O[C@@H]3OC[C@H](O)[C@H](O)[C@H]3O)cc2)cc1. The van der Waals surface area contributed by atoms with Gasteiger partial charge in [0.1, 0.15) is 24.1 Å². The summed E-state index contributed by atoms with van der Waals surface area (Å²) in [5, 5.41) is 37.7. The second kappa shape index (κ2) is 7.64. The van der Waals surface area contributed by atoms with Crippen molar-refractivity contribution in [3.8, 4) is 11.8 Å². The van der Waals surface area contributed by atoms with Crippen LogP contribution < -0.4 is 4.74 Å². The molecule has 3 N–H and O–H groups in total. The lowest BCUT2D eigenvalue weighted by Crippen LogP contribution is -2.54. The highest BCUT2D eigenvalue weighted by Gasteiger charge is 2.38. The Bertz CT molecular complexity index is 811. The monoisotopic (exact) mass is 355 g/mol. The zero-order valence-corrected chi connectivity index (χ0v) is 13.6. The van der Waals surface area contributed by atoms with Crippen LogP contribution in [0.4, 0.5) is 0 Å². The minimum atomic E-state index is -1.39. The van der Waals surface area contributed by atoms with Crippen LogP contribution in [0.5, 0.6) is 5.75 Å². The number of hydrogen-bond donors (Lipinski definition) is 3. The first-order valence-corrected chi connectivity index (χ1v) is 7.97. The van der Waals surface area contributed by atoms with E-state index in [-0.39, 0.29) is 12.4 Å². The molecule has 134 valence electrons. The molecule has 7 nitrogen and oxygen atoms in total. The number of nitrogens with zero attached hydrogens (tertiary/aromatic N) is 1. The molecule has 0 aromatic heterocycles. The summed E-state index contributed by atoms with van der Waals surface area (Å²) in [7, 11) is 0. The summed E-state index contributed by atoms with van der Waals surface area (Å²) < 4.78 is 10.6. The fraction of sp³-hybridized carbons (Fsp3) is 0.263. The largest absolute Gasteiger partial charge is 0.462 e. The van der Waals surface area contributed by atoms with Crippen LogP contribution in [-0.4, -0.2) is 52.3 Å². The lowest BCUT2D eigenvalue weighted by Gasteiger charge is -2.34. The van der Waals surface area contributed by atoms with Crippen molar-refractivity contribution in [1.29, 1.82) is 5.26 Å². The number of hydrogen-bond acceptors (Lipinski definition) is 7. The van der Waals surface area contributed by atoms with Gasteiger partial charge in [-0.15, -0.1) is 0 Å². The van der Waals surface area contributed by atoms with Gasteiger partial charge in [-0.1, -0.05) is 0 Å². The molecule has 0 saturated carbocycles. The van der Waals surface area contributed by atoms with E-state index < -0.39 is 24.6 Å². The number of ketones is 1. The number of nitriles is 1. The van der Waals surface area contributed by atoms with Crippen molar-refractivity contribution in [3.63, 3.8) is 0 Å². The fourth-order valence-electron chi connectivity index (χ4n) is 2.56. The van der Waals surface area contributed by atoms with Crippen molar-refractivity contribution in [2.24, 2.45) is 0 Å². The van der Waals surface area contributed by atoms with E-state index in [1.54, 1.807) is 48.5 Å². The number of benzene rings is 2. The van der Waals surface area contributed by atoms with Crippen LogP contribution >= 0.6 is 0 Å². The van der Waals surface area contributed by atoms with E-state index in [1.165, 1.54) is 0 Å². The molecule has 1 aliphatic rings. The summed E-state index contributed by atoms with van der Waals surface area (Å²) in [4.78, 5) is 12.4. The second-order valence-corrected chi connectivity index (χ2v) is 5.91. The first-order valence-electron chi connectivity index (χ1n) is 7.97. The third-order valence-electron chi connectivity index (χ3n) is 4.10. The van der Waals surface area contributed by atoms with Crippen LogP contribution in [0.15, 0.2) is 48.5 Å². The predicted molar refractivity (Wildman–Crippen MR) is 89.4 cm³/mol. The highest BCUT2D eigenvalue weighted by atomic mass is 16.7. The summed E-state index contributed by atoms with van der Waals surface area (Å²) in [6.45, 7) is -0.155. The van der Waals surface area contributed by atoms with Gasteiger partial charge in [0.2, 0.25) is 6.29 Å². The smallest absolute Gasteiger partial charge is 0.228 e. The summed E-state index contributed by atoms with van der Waals surface area (Å²) >= 11 is 0. The molecule has 0 aliphatic carbocycles. The van der Waals surface area contributed by atoms with Gasteiger partial charge >= 0.3 is 0 Å². The topological polar surface area (TPSA) is 120 Å². The normalized spacial score (nSPS) is 25.3. The Balaban J connectivity index is 1.68. The summed E-state index contributed by atoms with van der Waals surface area (Å²) in [5.41, 5.74) is 1.37. The zero-order chi connectivity index (χ0) is 18.7. The van der Waals surface area contributed by atoms with E-state index in [4.69, 9.17) is 14.7 Å². The molecule has 1 saturated heterocycles. The van der Waals surface area contributed by atoms with Gasteiger partial charge in [0.05, 0.1) is 18.2 Å². The number of aliphatic hydroxyl groups is 3. The lowest BCUT2D eigenvalue weighted by molar-refractivity contribution is -0.242. The minimum absolute atomic E-state index is 0.155. The van der Waals surface area contributed by atoms with E-state index in [2.05, 4.69) is 0 Å². The minimum Gasteiger partial charge on any atom is -0.462 e. The van der Waals surface area contributed by atoms with Gasteiger partial charge in [0, 0.05) is 11.1 Å². The average molecular weight is 355 g/mol. The lowest BCUT2D eigenvalue weighted by atomic mass is 10.0. The summed E-state index contributed by atoms with van der Waals surface area (Å²) in [6.07, 6.45) is -5.03. The van der Waals surface area contributed by atoms with Gasteiger partial charge in [-0.2, -0.15) is 5.26 Å². The van der Waals surface area contributed by atoms with E-state index >= 15 is 0 Å². The van der Waals surface area contributed by atoms with Crippen molar-refractivity contribution in [3.05, 3.63) is 65.2 Å². The molecule has 4 atom stereocenters. The Labute approximate surface area is 149 Å². The van der Waals surface area contributed by atoms with Gasteiger partial charge in [-0.3, -0.25) is 4.79 Å². The van der Waals surface area contributed by atoms with Gasteiger partial charge in [0.25, 0.3) is 0 Å². The van der Waals surface area contributed by atoms with Crippen LogP contribution in [-0.2, 0) is 4.74 Å². The molecule has 0 bridgehead atoms. The quantitative estimate of drug-likeness (QED) is 0.687. The Morgan fingerprint density at radius 1 is 1.00 bits per heavy atom. The highest BCUT2D eigenvalue weighted by molar-refractivity contribution is 6.09. The molecule has 2 aromatic rings. The Morgan fingerprint density at radius 3 is 2.15 bits per heavy atom. The molecular formula is C19H17NO6. The first-order chi connectivity index (χ1) is 12.5. The highest BCUT2D eigenvalue weighted by Crippen LogP contribution is 2.22. The predicted octanol–water partition coefficient (Wildman–Crippen LogP) is 0.607. The van der Waals surface area contributed by atoms with Gasteiger partial charge in [-0.05, 0) is 48.5 Å². The molecule has 2 aromatic carbocycles. The van der Waals surface area contributed by atoms with E-state index in [1.807, 2.05) is 6.07 Å². The zero-order valence-electron chi connectivity index (χ0n) is 13.6. The van der Waals surface area contributed by atoms with Gasteiger partial charge in [0.15, 0.2) is 5.78 Å². The van der Waals surface area contributed by atoms with Gasteiger partial charge < -0.3 is 24.8 Å². The number of rotatable bonds is 4. The Morgan fingerprint density at radius 2 is 1.58 bits per heavy atom. The molecule has 26 heavy (non-hydrogen) atoms. The molecule has 3 rings (SSSR count). The van der Waals surface area contributed by atoms with Crippen molar-refractivity contribution in [1.82, 2.24) is 0 Å². The van der Waals surface area contributed by atoms with Crippen LogP contribution in [0.25, 0.3) is 0 Å². The number of carbonyl (C=O) groups is 1. The van der Waals surface area contributed by atoms with E-state index in [0.717, 1.165) is 0 Å². The first kappa shape index (κ1) is 18.0. The molecule has 0 amide bonds. The maximum absolute atomic E-state index is 12.4. The summed E-state index contributed by atoms with van der Waals surface area (Å²) in [6, 6.07) is 14.5. The van der Waals surface area contributed by atoms with Crippen molar-refractivity contribution in [2.75, 3.05) is 6.61 Å². The third-order valence-corrected chi connectivity index (χ3v) is 4.10. The maximum atomic E-state index is 12.4. The fourth-order valence-corrected chi connectivity index (χ4v) is 2.56. The third kappa shape index (κ3) is 3.74. The Kier molecular flexibility index (Phi) is 5.30. The van der Waals surface area contributed by atoms with Crippen LogP contribution in [0.3, 0.4) is 0 Å². The van der Waals surface area contributed by atoms with Crippen LogP contribution in [0, 0.1) is 11.3 Å². The molecule has 0 radical (unpaired) electrons. The summed E-state index contributed by atoms with van der Waals surface area (Å²) in [5.74, 6) is 0.141. The van der Waals surface area contributed by atoms with Crippen molar-refractivity contribution in [2.45, 2.75) is 24.6 Å². The van der Waals surface area contributed by atoms with Crippen LogP contribution in [0.2, 0.25) is 0 Å². The second-order valence-electron chi connectivity index (χ2n) is 5.91. The molecule has 1 aliphatic heterocycles. The number of aliphatic hydroxyl groups excluding tert-OH is 3. The molecule has 1 fully saturated rings. The van der Waals surface area contributed by atoms with Crippen molar-refractivity contribution >= 4 is 5.78 Å². The molecule has 7 heteroatoms. The van der Waals surface area contributed by atoms with E-state index in [9.17, 15) is 20.1 Å². The Hall–Kier alpha value is -2.76.